The Morgan fingerprint density at radius 2 is 1.54 bits per heavy atom. The summed E-state index contributed by atoms with van der Waals surface area (Å²) >= 11 is 11.8. The van der Waals surface area contributed by atoms with Gasteiger partial charge in [-0.2, -0.15) is 4.31 Å². The Kier molecular flexibility index (Phi) is 5.38. The third-order valence-corrected chi connectivity index (χ3v) is 6.83. The van der Waals surface area contributed by atoms with Gasteiger partial charge in [0.25, 0.3) is 5.69 Å². The number of rotatable bonds is 4. The lowest BCUT2D eigenvalue weighted by molar-refractivity contribution is -0.384. The van der Waals surface area contributed by atoms with Crippen LogP contribution in [0.25, 0.3) is 0 Å². The Labute approximate surface area is 160 Å². The molecule has 0 saturated carbocycles. The number of piperazine rings is 1. The number of halogens is 2. The number of benzene rings is 2. The second-order valence-electron chi connectivity index (χ2n) is 5.74. The summed E-state index contributed by atoms with van der Waals surface area (Å²) in [5.74, 6) is 0. The molecule has 7 nitrogen and oxygen atoms in total. The van der Waals surface area contributed by atoms with Gasteiger partial charge in [0.05, 0.1) is 19.9 Å². The normalized spacial score (nSPS) is 15.8. The van der Waals surface area contributed by atoms with Gasteiger partial charge < -0.3 is 4.90 Å². The number of nitrogens with zero attached hydrogens (tertiary/aromatic N) is 3. The van der Waals surface area contributed by atoms with Crippen LogP contribution in [0.3, 0.4) is 0 Å². The molecule has 0 aliphatic carbocycles. The zero-order valence-corrected chi connectivity index (χ0v) is 15.8. The van der Waals surface area contributed by atoms with E-state index in [9.17, 15) is 18.5 Å². The minimum Gasteiger partial charge on any atom is -0.369 e. The van der Waals surface area contributed by atoms with Gasteiger partial charge in [-0.3, -0.25) is 10.1 Å². The maximum atomic E-state index is 12.7. The molecule has 1 saturated heterocycles. The van der Waals surface area contributed by atoms with Crippen LogP contribution in [0.15, 0.2) is 47.4 Å². The average Bonchev–Trinajstić information content (AvgIpc) is 2.64. The zero-order chi connectivity index (χ0) is 18.9. The van der Waals surface area contributed by atoms with Crippen LogP contribution in [0.5, 0.6) is 0 Å². The first-order valence-corrected chi connectivity index (χ1v) is 9.93. The summed E-state index contributed by atoms with van der Waals surface area (Å²) in [5.41, 5.74) is 0.844. The highest BCUT2D eigenvalue weighted by Gasteiger charge is 2.29. The van der Waals surface area contributed by atoms with E-state index >= 15 is 0 Å². The lowest BCUT2D eigenvalue weighted by atomic mass is 10.2. The number of hydrogen-bond acceptors (Lipinski definition) is 5. The number of hydrogen-bond donors (Lipinski definition) is 0. The average molecular weight is 416 g/mol. The van der Waals surface area contributed by atoms with Gasteiger partial charge in [-0.15, -0.1) is 0 Å². The fourth-order valence-corrected chi connectivity index (χ4v) is 4.57. The van der Waals surface area contributed by atoms with Gasteiger partial charge in [0.15, 0.2) is 0 Å². The molecular weight excluding hydrogens is 401 g/mol. The van der Waals surface area contributed by atoms with Crippen molar-refractivity contribution in [1.29, 1.82) is 0 Å². The molecule has 0 bridgehead atoms. The van der Waals surface area contributed by atoms with E-state index in [0.717, 1.165) is 5.69 Å². The smallest absolute Gasteiger partial charge is 0.269 e. The molecule has 0 atom stereocenters. The van der Waals surface area contributed by atoms with Crippen LogP contribution in [0, 0.1) is 10.1 Å². The molecule has 1 aliphatic heterocycles. The SMILES string of the molecule is O=[N+]([O-])c1ccc(N2CCN(S(=O)(=O)c3ccc(Cl)c(Cl)c3)CC2)cc1. The van der Waals surface area contributed by atoms with Gasteiger partial charge in [0.1, 0.15) is 0 Å². The maximum absolute atomic E-state index is 12.7. The molecule has 10 heteroatoms. The minimum atomic E-state index is -3.65. The molecular formula is C16H15Cl2N3O4S. The fourth-order valence-electron chi connectivity index (χ4n) is 2.76. The number of sulfonamides is 1. The Morgan fingerprint density at radius 3 is 2.08 bits per heavy atom. The van der Waals surface area contributed by atoms with E-state index in [0.29, 0.717) is 31.2 Å². The molecule has 0 radical (unpaired) electrons. The molecule has 3 rings (SSSR count). The molecule has 1 aliphatic rings. The van der Waals surface area contributed by atoms with E-state index in [-0.39, 0.29) is 15.6 Å². The molecule has 1 heterocycles. The lowest BCUT2D eigenvalue weighted by Crippen LogP contribution is -2.48. The van der Waals surface area contributed by atoms with E-state index < -0.39 is 14.9 Å². The van der Waals surface area contributed by atoms with Crippen molar-refractivity contribution in [2.24, 2.45) is 0 Å². The Balaban J connectivity index is 1.71. The first kappa shape index (κ1) is 18.9. The van der Waals surface area contributed by atoms with Gasteiger partial charge in [0, 0.05) is 44.0 Å². The van der Waals surface area contributed by atoms with Crippen molar-refractivity contribution in [2.75, 3.05) is 31.1 Å². The molecule has 0 spiro atoms. The summed E-state index contributed by atoms with van der Waals surface area (Å²) < 4.78 is 26.9. The molecule has 0 aromatic heterocycles. The largest absolute Gasteiger partial charge is 0.369 e. The zero-order valence-electron chi connectivity index (χ0n) is 13.5. The van der Waals surface area contributed by atoms with Gasteiger partial charge in [0.2, 0.25) is 10.0 Å². The van der Waals surface area contributed by atoms with Crippen molar-refractivity contribution in [3.8, 4) is 0 Å². The summed E-state index contributed by atoms with van der Waals surface area (Å²) in [5, 5.41) is 11.2. The number of non-ortho nitro benzene ring substituents is 1. The molecule has 0 amide bonds. The molecule has 0 N–H and O–H groups in total. The maximum Gasteiger partial charge on any atom is 0.269 e. The number of nitro benzene ring substituents is 1. The van der Waals surface area contributed by atoms with Crippen molar-refractivity contribution < 1.29 is 13.3 Å². The highest BCUT2D eigenvalue weighted by Crippen LogP contribution is 2.28. The molecule has 2 aromatic carbocycles. The molecule has 0 unspecified atom stereocenters. The van der Waals surface area contributed by atoms with Gasteiger partial charge >= 0.3 is 0 Å². The van der Waals surface area contributed by atoms with E-state index in [1.165, 1.54) is 34.6 Å². The first-order valence-electron chi connectivity index (χ1n) is 7.73. The fraction of sp³-hybridized carbons (Fsp3) is 0.250. The predicted octanol–water partition coefficient (Wildman–Crippen LogP) is 3.41. The van der Waals surface area contributed by atoms with Crippen LogP contribution in [0.1, 0.15) is 0 Å². The van der Waals surface area contributed by atoms with Gasteiger partial charge in [-0.1, -0.05) is 23.2 Å². The summed E-state index contributed by atoms with van der Waals surface area (Å²) in [4.78, 5) is 12.4. The molecule has 1 fully saturated rings. The molecule has 2 aromatic rings. The van der Waals surface area contributed by atoms with Crippen molar-refractivity contribution in [3.63, 3.8) is 0 Å². The topological polar surface area (TPSA) is 83.8 Å². The summed E-state index contributed by atoms with van der Waals surface area (Å²) in [6, 6.07) is 10.5. The van der Waals surface area contributed by atoms with Gasteiger partial charge in [-0.05, 0) is 30.3 Å². The van der Waals surface area contributed by atoms with Crippen LogP contribution in [0.2, 0.25) is 10.0 Å². The minimum absolute atomic E-state index is 0.0228. The highest BCUT2D eigenvalue weighted by molar-refractivity contribution is 7.89. The van der Waals surface area contributed by atoms with E-state index in [1.807, 2.05) is 4.90 Å². The molecule has 26 heavy (non-hydrogen) atoms. The number of anilines is 1. The molecule has 138 valence electrons. The first-order chi connectivity index (χ1) is 12.3. The summed E-state index contributed by atoms with van der Waals surface area (Å²) in [6.07, 6.45) is 0. The monoisotopic (exact) mass is 415 g/mol. The van der Waals surface area contributed by atoms with Crippen LogP contribution >= 0.6 is 23.2 Å². The Bertz CT molecular complexity index is 927. The number of nitro groups is 1. The van der Waals surface area contributed by atoms with E-state index in [1.54, 1.807) is 12.1 Å². The Hall–Kier alpha value is -1.87. The predicted molar refractivity (Wildman–Crippen MR) is 101 cm³/mol. The Morgan fingerprint density at radius 1 is 0.923 bits per heavy atom. The summed E-state index contributed by atoms with van der Waals surface area (Å²) in [6.45, 7) is 1.58. The third kappa shape index (κ3) is 3.78. The van der Waals surface area contributed by atoms with Gasteiger partial charge in [-0.25, -0.2) is 8.42 Å². The van der Waals surface area contributed by atoms with Crippen LogP contribution in [-0.4, -0.2) is 43.8 Å². The highest BCUT2D eigenvalue weighted by atomic mass is 35.5. The van der Waals surface area contributed by atoms with Crippen LogP contribution in [-0.2, 0) is 10.0 Å². The van der Waals surface area contributed by atoms with Crippen LogP contribution < -0.4 is 4.90 Å². The van der Waals surface area contributed by atoms with Crippen molar-refractivity contribution in [3.05, 3.63) is 62.6 Å². The van der Waals surface area contributed by atoms with Crippen LogP contribution in [0.4, 0.5) is 11.4 Å². The second kappa shape index (κ2) is 7.40. The quantitative estimate of drug-likeness (QED) is 0.564. The van der Waals surface area contributed by atoms with Crippen molar-refractivity contribution >= 4 is 44.6 Å². The van der Waals surface area contributed by atoms with Crippen molar-refractivity contribution in [2.45, 2.75) is 4.90 Å². The van der Waals surface area contributed by atoms with Crippen molar-refractivity contribution in [1.82, 2.24) is 4.31 Å². The lowest BCUT2D eigenvalue weighted by Gasteiger charge is -2.35. The summed E-state index contributed by atoms with van der Waals surface area (Å²) in [7, 11) is -3.65. The third-order valence-electron chi connectivity index (χ3n) is 4.19. The van der Waals surface area contributed by atoms with E-state index in [4.69, 9.17) is 23.2 Å². The van der Waals surface area contributed by atoms with E-state index in [2.05, 4.69) is 0 Å². The standard InChI is InChI=1S/C16H15Cl2N3O4S/c17-15-6-5-14(11-16(15)18)26(24,25)20-9-7-19(8-10-20)12-1-3-13(4-2-12)21(22)23/h1-6,11H,7-10H2. The second-order valence-corrected chi connectivity index (χ2v) is 8.49.